The summed E-state index contributed by atoms with van der Waals surface area (Å²) in [5.41, 5.74) is 0. The van der Waals surface area contributed by atoms with Crippen LogP contribution in [0.3, 0.4) is 0 Å². The molecule has 0 nitrogen and oxygen atoms in total. The molecule has 0 bridgehead atoms. The second-order valence-corrected chi connectivity index (χ2v) is 6.74. The Bertz CT molecular complexity index is 42.5. The van der Waals surface area contributed by atoms with E-state index in [-0.39, 0.29) is 38.2 Å². The summed E-state index contributed by atoms with van der Waals surface area (Å²) < 4.78 is 3.25. The first kappa shape index (κ1) is 13.9. The van der Waals surface area contributed by atoms with Gasteiger partial charge in [0.05, 0.1) is 0 Å². The summed E-state index contributed by atoms with van der Waals surface area (Å²) in [6, 6.07) is 0. The van der Waals surface area contributed by atoms with Gasteiger partial charge in [-0.05, 0) is 0 Å². The van der Waals surface area contributed by atoms with E-state index < -0.39 is 0 Å². The molecule has 0 saturated heterocycles. The Hall–Kier alpha value is 1.32. The van der Waals surface area contributed by atoms with Crippen LogP contribution < -0.4 is 0 Å². The normalized spacial score (nSPS) is 9.00. The molecule has 0 N–H and O–H groups in total. The summed E-state index contributed by atoms with van der Waals surface area (Å²) >= 11 is 0.149. The maximum atomic E-state index is 2.29. The molecule has 0 aromatic carbocycles. The Labute approximate surface area is 86.2 Å². The van der Waals surface area contributed by atoms with Crippen molar-refractivity contribution in [1.29, 1.82) is 0 Å². The van der Waals surface area contributed by atoms with E-state index in [4.69, 9.17) is 0 Å². The predicted molar refractivity (Wildman–Crippen MR) is 45.2 cm³/mol. The van der Waals surface area contributed by atoms with E-state index in [9.17, 15) is 0 Å². The molecule has 10 heavy (non-hydrogen) atoms. The summed E-state index contributed by atoms with van der Waals surface area (Å²) in [6.45, 7) is 4.58. The summed E-state index contributed by atoms with van der Waals surface area (Å²) in [5.74, 6) is 0. The fraction of sp³-hybridized carbons (Fsp3) is 1.00. The molecule has 0 aliphatic rings. The maximum Gasteiger partial charge on any atom is 0 e. The molecule has 0 aliphatic carbocycles. The van der Waals surface area contributed by atoms with Crippen molar-refractivity contribution in [2.75, 3.05) is 0 Å². The molecule has 3 radical (unpaired) electrons. The van der Waals surface area contributed by atoms with Gasteiger partial charge in [0.1, 0.15) is 0 Å². The molecule has 0 spiro atoms. The Morgan fingerprint density at radius 1 is 0.900 bits per heavy atom. The molecule has 0 aromatic heterocycles. The zero-order valence-electron chi connectivity index (χ0n) is 7.04. The molecule has 0 aromatic rings. The van der Waals surface area contributed by atoms with E-state index in [2.05, 4.69) is 13.8 Å². The fourth-order valence-corrected chi connectivity index (χ4v) is 4.89. The van der Waals surface area contributed by atoms with E-state index in [1.807, 2.05) is 0 Å². The molecule has 0 heterocycles. The Morgan fingerprint density at radius 2 is 1.30 bits per heavy atom. The van der Waals surface area contributed by atoms with Crippen molar-refractivity contribution in [2.24, 2.45) is 0 Å². The molecule has 0 atom stereocenters. The van der Waals surface area contributed by atoms with Gasteiger partial charge in [0.25, 0.3) is 0 Å². The number of hydrogen-bond acceptors (Lipinski definition) is 0. The third-order valence-electron chi connectivity index (χ3n) is 1.41. The van der Waals surface area contributed by atoms with Crippen molar-refractivity contribution in [3.63, 3.8) is 0 Å². The van der Waals surface area contributed by atoms with Gasteiger partial charge >= 0.3 is 69.5 Å². The SMILES string of the molecule is CCC[CH2][Sn][CH2]CCC.[Cu]. The first-order valence-corrected chi connectivity index (χ1v) is 8.16. The number of rotatable bonds is 6. The number of unbranched alkanes of at least 4 members (excludes halogenated alkanes) is 2. The van der Waals surface area contributed by atoms with Crippen LogP contribution in [0.4, 0.5) is 0 Å². The van der Waals surface area contributed by atoms with Gasteiger partial charge in [-0.25, -0.2) is 0 Å². The molecule has 0 rings (SSSR count). The van der Waals surface area contributed by atoms with E-state index in [0.29, 0.717) is 0 Å². The van der Waals surface area contributed by atoms with E-state index in [1.165, 1.54) is 25.7 Å². The van der Waals surface area contributed by atoms with E-state index in [1.54, 1.807) is 8.87 Å². The van der Waals surface area contributed by atoms with E-state index in [0.717, 1.165) is 0 Å². The van der Waals surface area contributed by atoms with Gasteiger partial charge in [-0.3, -0.25) is 0 Å². The van der Waals surface area contributed by atoms with Crippen molar-refractivity contribution in [1.82, 2.24) is 0 Å². The van der Waals surface area contributed by atoms with Gasteiger partial charge in [0.2, 0.25) is 0 Å². The quantitative estimate of drug-likeness (QED) is 0.522. The Morgan fingerprint density at radius 3 is 1.60 bits per heavy atom. The summed E-state index contributed by atoms with van der Waals surface area (Å²) in [5, 5.41) is 0. The second kappa shape index (κ2) is 12.9. The van der Waals surface area contributed by atoms with Gasteiger partial charge in [0.15, 0.2) is 0 Å². The zero-order valence-corrected chi connectivity index (χ0v) is 10.8. The van der Waals surface area contributed by atoms with Crippen molar-refractivity contribution >= 4 is 21.1 Å². The van der Waals surface area contributed by atoms with Crippen molar-refractivity contribution < 1.29 is 17.1 Å². The minimum absolute atomic E-state index is 0. The van der Waals surface area contributed by atoms with Crippen LogP contribution in [0.2, 0.25) is 8.87 Å². The van der Waals surface area contributed by atoms with Crippen LogP contribution in [0, 0.1) is 0 Å². The first-order valence-electron chi connectivity index (χ1n) is 4.12. The number of hydrogen-bond donors (Lipinski definition) is 0. The molecule has 0 saturated carbocycles. The smallest absolute Gasteiger partial charge is 0 e. The monoisotopic (exact) mass is 297 g/mol. The van der Waals surface area contributed by atoms with Gasteiger partial charge < -0.3 is 0 Å². The van der Waals surface area contributed by atoms with Gasteiger partial charge in [-0.2, -0.15) is 0 Å². The molecule has 65 valence electrons. The molecule has 0 aliphatic heterocycles. The summed E-state index contributed by atoms with van der Waals surface area (Å²) in [7, 11) is 0. The van der Waals surface area contributed by atoms with Crippen LogP contribution in [-0.4, -0.2) is 21.1 Å². The molecule has 0 unspecified atom stereocenters. The molecular weight excluding hydrogens is 278 g/mol. The fourth-order valence-electron chi connectivity index (χ4n) is 0.729. The van der Waals surface area contributed by atoms with Gasteiger partial charge in [-0.15, -0.1) is 0 Å². The molecule has 0 fully saturated rings. The molecule has 2 heteroatoms. The third-order valence-corrected chi connectivity index (χ3v) is 5.45. The topological polar surface area (TPSA) is 0 Å². The van der Waals surface area contributed by atoms with Gasteiger partial charge in [0, 0.05) is 17.1 Å². The Balaban J connectivity index is 0. The average Bonchev–Trinajstić information content (AvgIpc) is 1.89. The van der Waals surface area contributed by atoms with Crippen LogP contribution >= 0.6 is 0 Å². The van der Waals surface area contributed by atoms with Crippen LogP contribution in [-0.2, 0) is 17.1 Å². The van der Waals surface area contributed by atoms with Crippen molar-refractivity contribution in [3.8, 4) is 0 Å². The minimum atomic E-state index is 0. The predicted octanol–water partition coefficient (Wildman–Crippen LogP) is 3.12. The summed E-state index contributed by atoms with van der Waals surface area (Å²) in [6.07, 6.45) is 5.84. The van der Waals surface area contributed by atoms with Crippen molar-refractivity contribution in [3.05, 3.63) is 0 Å². The average molecular weight is 296 g/mol. The molecular formula is C8H18CuSn. The van der Waals surface area contributed by atoms with Gasteiger partial charge in [-0.1, -0.05) is 0 Å². The molecule has 0 amide bonds. The largest absolute Gasteiger partial charge is 0 e. The first-order chi connectivity index (χ1) is 4.41. The standard InChI is InChI=1S/2C4H9.Cu.Sn/c2*1-3-4-2;;/h2*1,3-4H2,2H3;;. The van der Waals surface area contributed by atoms with E-state index >= 15 is 0 Å². The second-order valence-electron chi connectivity index (χ2n) is 2.46. The Kier molecular flexibility index (Phi) is 18.0. The minimum Gasteiger partial charge on any atom is 0 e. The van der Waals surface area contributed by atoms with Crippen LogP contribution in [0.5, 0.6) is 0 Å². The summed E-state index contributed by atoms with van der Waals surface area (Å²) in [4.78, 5) is 0. The van der Waals surface area contributed by atoms with Crippen LogP contribution in [0.15, 0.2) is 0 Å². The van der Waals surface area contributed by atoms with Crippen LogP contribution in [0.1, 0.15) is 39.5 Å². The van der Waals surface area contributed by atoms with Crippen LogP contribution in [0.25, 0.3) is 0 Å². The zero-order chi connectivity index (χ0) is 6.95. The third kappa shape index (κ3) is 12.0. The van der Waals surface area contributed by atoms with Crippen molar-refractivity contribution in [2.45, 2.75) is 48.4 Å². The maximum absolute atomic E-state index is 2.29.